The molecule has 0 atom stereocenters. The van der Waals surface area contributed by atoms with Gasteiger partial charge in [-0.2, -0.15) is 0 Å². The lowest BCUT2D eigenvalue weighted by molar-refractivity contribution is -0.530. The molecule has 1 rings (SSSR count). The van der Waals surface area contributed by atoms with Gasteiger partial charge in [0, 0.05) is 12.4 Å². The maximum absolute atomic E-state index is 9.84. The third-order valence-electron chi connectivity index (χ3n) is 0.802. The zero-order valence-electron chi connectivity index (χ0n) is 4.00. The van der Waals surface area contributed by atoms with Crippen LogP contribution in [0.5, 0.6) is 0 Å². The van der Waals surface area contributed by atoms with Crippen LogP contribution in [0.15, 0.2) is 12.4 Å². The Kier molecular flexibility index (Phi) is 1.03. The van der Waals surface area contributed by atoms with Crippen LogP contribution in [-0.2, 0) is 0 Å². The Morgan fingerprint density at radius 3 is 2.25 bits per heavy atom. The van der Waals surface area contributed by atoms with Crippen LogP contribution in [0.4, 0.5) is 0 Å². The predicted octanol–water partition coefficient (Wildman–Crippen LogP) is -0.789. The molecule has 0 aromatic carbocycles. The van der Waals surface area contributed by atoms with Gasteiger partial charge in [0.15, 0.2) is 0 Å². The Morgan fingerprint density at radius 2 is 2.00 bits per heavy atom. The van der Waals surface area contributed by atoms with E-state index < -0.39 is 11.2 Å². The molecule has 5 heteroatoms. The molecular weight excluding hydrogens is 110 g/mol. The second kappa shape index (κ2) is 1.69. The first-order valence-corrected chi connectivity index (χ1v) is 2.11. The first kappa shape index (κ1) is 4.89. The minimum atomic E-state index is -0.824. The van der Waals surface area contributed by atoms with Gasteiger partial charge >= 0.3 is 6.29 Å². The molecule has 0 aliphatic carbocycles. The minimum Gasteiger partial charge on any atom is -0.310 e. The molecule has 0 aromatic heterocycles. The van der Waals surface area contributed by atoms with E-state index >= 15 is 0 Å². The SMILES string of the molecule is O=[N+]([O-])C1NC=CN1. The first-order chi connectivity index (χ1) is 3.80. The molecule has 0 fully saturated rings. The van der Waals surface area contributed by atoms with E-state index in [2.05, 4.69) is 10.6 Å². The van der Waals surface area contributed by atoms with Gasteiger partial charge in [-0.15, -0.1) is 0 Å². The highest BCUT2D eigenvalue weighted by atomic mass is 16.6. The molecule has 0 unspecified atom stereocenters. The van der Waals surface area contributed by atoms with Gasteiger partial charge in [-0.25, -0.2) is 0 Å². The highest BCUT2D eigenvalue weighted by molar-refractivity contribution is 4.85. The highest BCUT2D eigenvalue weighted by Crippen LogP contribution is 1.85. The zero-order valence-corrected chi connectivity index (χ0v) is 4.00. The topological polar surface area (TPSA) is 67.2 Å². The number of hydrogen-bond acceptors (Lipinski definition) is 4. The second-order valence-electron chi connectivity index (χ2n) is 1.35. The van der Waals surface area contributed by atoms with E-state index in [9.17, 15) is 10.1 Å². The standard InChI is InChI=1S/C3H5N3O2/c7-6(8)3-4-1-2-5-3/h1-5H. The van der Waals surface area contributed by atoms with E-state index in [4.69, 9.17) is 0 Å². The van der Waals surface area contributed by atoms with Gasteiger partial charge in [0.1, 0.15) is 0 Å². The number of rotatable bonds is 1. The summed E-state index contributed by atoms with van der Waals surface area (Å²) in [4.78, 5) is 9.40. The smallest absolute Gasteiger partial charge is 0.310 e. The van der Waals surface area contributed by atoms with Crippen LogP contribution in [0.2, 0.25) is 0 Å². The van der Waals surface area contributed by atoms with Crippen LogP contribution in [0, 0.1) is 10.1 Å². The van der Waals surface area contributed by atoms with Crippen LogP contribution >= 0.6 is 0 Å². The van der Waals surface area contributed by atoms with Crippen molar-refractivity contribution >= 4 is 0 Å². The Morgan fingerprint density at radius 1 is 1.50 bits per heavy atom. The van der Waals surface area contributed by atoms with Crippen molar-refractivity contribution < 1.29 is 4.92 Å². The van der Waals surface area contributed by atoms with Crippen molar-refractivity contribution in [1.82, 2.24) is 10.6 Å². The van der Waals surface area contributed by atoms with Crippen molar-refractivity contribution in [3.63, 3.8) is 0 Å². The highest BCUT2D eigenvalue weighted by Gasteiger charge is 2.17. The molecule has 0 saturated carbocycles. The molecule has 0 saturated heterocycles. The summed E-state index contributed by atoms with van der Waals surface area (Å²) in [6, 6.07) is 0. The summed E-state index contributed by atoms with van der Waals surface area (Å²) < 4.78 is 0. The molecule has 5 nitrogen and oxygen atoms in total. The summed E-state index contributed by atoms with van der Waals surface area (Å²) in [5.74, 6) is 0. The molecule has 2 N–H and O–H groups in total. The molecule has 8 heavy (non-hydrogen) atoms. The zero-order chi connectivity index (χ0) is 5.98. The molecule has 0 bridgehead atoms. The van der Waals surface area contributed by atoms with Gasteiger partial charge in [-0.3, -0.25) is 10.1 Å². The van der Waals surface area contributed by atoms with Crippen molar-refractivity contribution in [2.24, 2.45) is 0 Å². The maximum Gasteiger partial charge on any atom is 0.363 e. The molecule has 44 valence electrons. The number of nitrogens with zero attached hydrogens (tertiary/aromatic N) is 1. The Bertz CT molecular complexity index is 124. The number of nitrogens with one attached hydrogen (secondary N) is 2. The number of hydrogen-bond donors (Lipinski definition) is 2. The molecule has 0 radical (unpaired) electrons. The minimum absolute atomic E-state index is 0.444. The average Bonchev–Trinajstić information content (AvgIpc) is 2.12. The quantitative estimate of drug-likeness (QED) is 0.347. The summed E-state index contributed by atoms with van der Waals surface area (Å²) in [7, 11) is 0. The van der Waals surface area contributed by atoms with Crippen molar-refractivity contribution in [2.75, 3.05) is 0 Å². The molecule has 0 amide bonds. The fraction of sp³-hybridized carbons (Fsp3) is 0.333. The summed E-state index contributed by atoms with van der Waals surface area (Å²) in [6.45, 7) is 0. The third kappa shape index (κ3) is 0.699. The van der Waals surface area contributed by atoms with Gasteiger partial charge in [-0.1, -0.05) is 0 Å². The monoisotopic (exact) mass is 115 g/mol. The van der Waals surface area contributed by atoms with Crippen molar-refractivity contribution in [3.05, 3.63) is 22.5 Å². The van der Waals surface area contributed by atoms with E-state index in [1.807, 2.05) is 0 Å². The summed E-state index contributed by atoms with van der Waals surface area (Å²) in [6.07, 6.45) is 2.16. The molecule has 0 aromatic rings. The van der Waals surface area contributed by atoms with E-state index in [1.54, 1.807) is 0 Å². The van der Waals surface area contributed by atoms with Gasteiger partial charge in [-0.05, 0) is 0 Å². The van der Waals surface area contributed by atoms with E-state index in [1.165, 1.54) is 12.4 Å². The molecule has 1 heterocycles. The predicted molar refractivity (Wildman–Crippen MR) is 26.2 cm³/mol. The van der Waals surface area contributed by atoms with Crippen molar-refractivity contribution in [2.45, 2.75) is 6.29 Å². The Hall–Kier alpha value is -1.26. The third-order valence-corrected chi connectivity index (χ3v) is 0.802. The number of nitro groups is 1. The molecular formula is C3H5N3O2. The van der Waals surface area contributed by atoms with Gasteiger partial charge in [0.05, 0.1) is 4.92 Å². The Balaban J connectivity index is 2.41. The largest absolute Gasteiger partial charge is 0.363 e. The molecule has 1 aliphatic rings. The van der Waals surface area contributed by atoms with E-state index in [0.717, 1.165) is 0 Å². The molecule has 0 spiro atoms. The fourth-order valence-electron chi connectivity index (χ4n) is 0.448. The van der Waals surface area contributed by atoms with Crippen LogP contribution < -0.4 is 10.6 Å². The van der Waals surface area contributed by atoms with Crippen LogP contribution in [0.1, 0.15) is 0 Å². The fourth-order valence-corrected chi connectivity index (χ4v) is 0.448. The van der Waals surface area contributed by atoms with Crippen LogP contribution in [0.25, 0.3) is 0 Å². The van der Waals surface area contributed by atoms with E-state index in [0.29, 0.717) is 0 Å². The van der Waals surface area contributed by atoms with Gasteiger partial charge in [0.25, 0.3) is 0 Å². The first-order valence-electron chi connectivity index (χ1n) is 2.11. The van der Waals surface area contributed by atoms with Crippen LogP contribution in [0.3, 0.4) is 0 Å². The summed E-state index contributed by atoms with van der Waals surface area (Å²) in [5, 5.41) is 14.8. The normalized spacial score (nSPS) is 17.5. The Labute approximate surface area is 45.5 Å². The lowest BCUT2D eigenvalue weighted by Gasteiger charge is -1.99. The summed E-state index contributed by atoms with van der Waals surface area (Å²) >= 11 is 0. The maximum atomic E-state index is 9.84. The lowest BCUT2D eigenvalue weighted by Crippen LogP contribution is -2.38. The molecule has 1 aliphatic heterocycles. The van der Waals surface area contributed by atoms with E-state index in [-0.39, 0.29) is 0 Å². The van der Waals surface area contributed by atoms with Gasteiger partial charge < -0.3 is 10.6 Å². The van der Waals surface area contributed by atoms with Gasteiger partial charge in [0.2, 0.25) is 0 Å². The lowest BCUT2D eigenvalue weighted by atomic mass is 10.9. The average molecular weight is 115 g/mol. The van der Waals surface area contributed by atoms with Crippen molar-refractivity contribution in [3.8, 4) is 0 Å². The van der Waals surface area contributed by atoms with Crippen LogP contribution in [-0.4, -0.2) is 11.2 Å². The second-order valence-corrected chi connectivity index (χ2v) is 1.35. The summed E-state index contributed by atoms with van der Waals surface area (Å²) in [5.41, 5.74) is 0. The van der Waals surface area contributed by atoms with Crippen molar-refractivity contribution in [1.29, 1.82) is 0 Å².